The Kier molecular flexibility index (Phi) is 4.35. The molecule has 4 aromatic rings. The summed E-state index contributed by atoms with van der Waals surface area (Å²) in [5, 5.41) is 2.09. The van der Waals surface area contributed by atoms with Crippen molar-refractivity contribution in [3.8, 4) is 11.5 Å². The van der Waals surface area contributed by atoms with Crippen molar-refractivity contribution in [2.45, 2.75) is 19.6 Å². The number of hydrogen-bond acceptors (Lipinski definition) is 4. The van der Waals surface area contributed by atoms with Gasteiger partial charge in [0, 0.05) is 49.4 Å². The lowest BCUT2D eigenvalue weighted by atomic mass is 9.99. The summed E-state index contributed by atoms with van der Waals surface area (Å²) in [5.41, 5.74) is 2.89. The molecule has 0 N–H and O–H groups in total. The number of halogens is 1. The molecule has 0 spiro atoms. The third-order valence-electron chi connectivity index (χ3n) is 6.32. The van der Waals surface area contributed by atoms with Crippen LogP contribution in [0.5, 0.6) is 11.5 Å². The van der Waals surface area contributed by atoms with E-state index in [4.69, 9.17) is 9.47 Å². The molecule has 2 aromatic carbocycles. The summed E-state index contributed by atoms with van der Waals surface area (Å²) in [5.74, 6) is 1.97. The van der Waals surface area contributed by atoms with Gasteiger partial charge in [0.1, 0.15) is 18.5 Å². The number of ether oxygens (including phenoxy) is 2. The number of benzene rings is 2. The van der Waals surface area contributed by atoms with Gasteiger partial charge < -0.3 is 14.0 Å². The Morgan fingerprint density at radius 3 is 2.87 bits per heavy atom. The minimum atomic E-state index is -0.185. The average molecular weight is 417 g/mol. The van der Waals surface area contributed by atoms with Gasteiger partial charge in [0.25, 0.3) is 0 Å². The van der Waals surface area contributed by atoms with E-state index in [9.17, 15) is 4.39 Å². The molecule has 6 heteroatoms. The quantitative estimate of drug-likeness (QED) is 0.493. The largest absolute Gasteiger partial charge is 0.486 e. The molecule has 0 aliphatic carbocycles. The maximum Gasteiger partial charge on any atom is 0.171 e. The van der Waals surface area contributed by atoms with E-state index in [-0.39, 0.29) is 11.9 Å². The minimum absolute atomic E-state index is 0.00172. The number of rotatable bonds is 4. The first-order valence-corrected chi connectivity index (χ1v) is 10.8. The molecule has 1 fully saturated rings. The molecule has 2 aliphatic heterocycles. The molecule has 6 rings (SSSR count). The van der Waals surface area contributed by atoms with Gasteiger partial charge in [0.2, 0.25) is 0 Å². The summed E-state index contributed by atoms with van der Waals surface area (Å²) in [7, 11) is 0. The molecule has 158 valence electrons. The Morgan fingerprint density at radius 2 is 1.97 bits per heavy atom. The lowest BCUT2D eigenvalue weighted by molar-refractivity contribution is 0.0135. The summed E-state index contributed by atoms with van der Waals surface area (Å²) >= 11 is 0. The molecule has 4 heterocycles. The average Bonchev–Trinajstić information content (AvgIpc) is 3.13. The van der Waals surface area contributed by atoms with E-state index in [1.807, 2.05) is 31.2 Å². The van der Waals surface area contributed by atoms with Crippen LogP contribution in [0.15, 0.2) is 54.7 Å². The second kappa shape index (κ2) is 7.24. The van der Waals surface area contributed by atoms with Crippen molar-refractivity contribution in [3.63, 3.8) is 0 Å². The number of likely N-dealkylation sites (tertiary alicyclic amines) is 1. The van der Waals surface area contributed by atoms with Crippen molar-refractivity contribution in [1.29, 1.82) is 0 Å². The lowest BCUT2D eigenvalue weighted by Gasteiger charge is -2.42. The topological polar surface area (TPSA) is 39.5 Å². The fourth-order valence-corrected chi connectivity index (χ4v) is 4.79. The molecule has 0 amide bonds. The Bertz CT molecular complexity index is 1280. The number of aromatic nitrogens is 2. The van der Waals surface area contributed by atoms with Gasteiger partial charge in [-0.2, -0.15) is 0 Å². The third-order valence-corrected chi connectivity index (χ3v) is 6.32. The summed E-state index contributed by atoms with van der Waals surface area (Å²) in [4.78, 5) is 7.00. The van der Waals surface area contributed by atoms with E-state index in [2.05, 4.69) is 32.8 Å². The van der Waals surface area contributed by atoms with Gasteiger partial charge in [-0.05, 0) is 60.8 Å². The van der Waals surface area contributed by atoms with Crippen LogP contribution in [0.25, 0.3) is 21.8 Å². The van der Waals surface area contributed by atoms with Crippen molar-refractivity contribution in [3.05, 3.63) is 66.2 Å². The van der Waals surface area contributed by atoms with Crippen LogP contribution in [0, 0.1) is 18.7 Å². The van der Waals surface area contributed by atoms with Gasteiger partial charge in [-0.25, -0.2) is 4.39 Å². The second-order valence-electron chi connectivity index (χ2n) is 8.72. The Balaban J connectivity index is 1.10. The fraction of sp³-hybridized carbons (Fsp3) is 0.320. The van der Waals surface area contributed by atoms with Crippen molar-refractivity contribution in [2.75, 3.05) is 26.2 Å². The molecule has 1 atom stereocenters. The number of pyridine rings is 1. The monoisotopic (exact) mass is 417 g/mol. The number of hydrogen-bond donors (Lipinski definition) is 0. The zero-order valence-corrected chi connectivity index (χ0v) is 17.4. The number of aryl methyl sites for hydroxylation is 1. The van der Waals surface area contributed by atoms with E-state index >= 15 is 0 Å². The molecule has 2 aromatic heterocycles. The Morgan fingerprint density at radius 1 is 1.06 bits per heavy atom. The van der Waals surface area contributed by atoms with Gasteiger partial charge in [0.15, 0.2) is 11.5 Å². The van der Waals surface area contributed by atoms with Crippen molar-refractivity contribution >= 4 is 21.8 Å². The summed E-state index contributed by atoms with van der Waals surface area (Å²) in [6, 6.07) is 15.0. The molecule has 0 bridgehead atoms. The van der Waals surface area contributed by atoms with Crippen LogP contribution in [0.2, 0.25) is 0 Å². The maximum absolute atomic E-state index is 13.6. The first kappa shape index (κ1) is 18.6. The van der Waals surface area contributed by atoms with Gasteiger partial charge in [0.05, 0.1) is 11.0 Å². The minimum Gasteiger partial charge on any atom is -0.486 e. The molecular weight excluding hydrogens is 393 g/mol. The number of nitrogens with zero attached hydrogens (tertiary/aromatic N) is 3. The standard InChI is InChI=1S/C25H24FN3O2/c1-16-2-5-21-22(27-16)6-7-24-25(21)31-20(15-30-24)14-28-11-17(12-28)13-29-9-8-18-3-4-19(26)10-23(18)29/h2-10,17,20H,11-15H2,1H3. The molecular formula is C25H24FN3O2. The predicted molar refractivity (Wildman–Crippen MR) is 118 cm³/mol. The highest BCUT2D eigenvalue weighted by Crippen LogP contribution is 2.38. The van der Waals surface area contributed by atoms with E-state index in [1.165, 1.54) is 6.07 Å². The van der Waals surface area contributed by atoms with Crippen molar-refractivity contribution in [1.82, 2.24) is 14.5 Å². The normalized spacial score (nSPS) is 19.1. The highest BCUT2D eigenvalue weighted by atomic mass is 19.1. The second-order valence-corrected chi connectivity index (χ2v) is 8.72. The molecule has 1 unspecified atom stereocenters. The van der Waals surface area contributed by atoms with E-state index in [0.717, 1.165) is 65.2 Å². The highest BCUT2D eigenvalue weighted by molar-refractivity contribution is 5.88. The van der Waals surface area contributed by atoms with Crippen LogP contribution in [0.4, 0.5) is 4.39 Å². The molecule has 31 heavy (non-hydrogen) atoms. The van der Waals surface area contributed by atoms with Crippen LogP contribution in [-0.2, 0) is 6.54 Å². The van der Waals surface area contributed by atoms with Gasteiger partial charge in [-0.3, -0.25) is 9.88 Å². The first-order valence-electron chi connectivity index (χ1n) is 10.8. The van der Waals surface area contributed by atoms with Crippen molar-refractivity contribution < 1.29 is 13.9 Å². The third kappa shape index (κ3) is 3.41. The van der Waals surface area contributed by atoms with Crippen LogP contribution < -0.4 is 9.47 Å². The van der Waals surface area contributed by atoms with Gasteiger partial charge in [-0.15, -0.1) is 0 Å². The summed E-state index contributed by atoms with van der Waals surface area (Å²) in [6.45, 7) is 6.32. The Hall–Kier alpha value is -3.12. The van der Waals surface area contributed by atoms with Crippen LogP contribution in [0.1, 0.15) is 5.69 Å². The molecule has 2 aliphatic rings. The van der Waals surface area contributed by atoms with Crippen molar-refractivity contribution in [2.24, 2.45) is 5.92 Å². The van der Waals surface area contributed by atoms with Crippen LogP contribution in [0.3, 0.4) is 0 Å². The highest BCUT2D eigenvalue weighted by Gasteiger charge is 2.32. The fourth-order valence-electron chi connectivity index (χ4n) is 4.79. The molecule has 5 nitrogen and oxygen atoms in total. The first-order chi connectivity index (χ1) is 15.1. The molecule has 0 radical (unpaired) electrons. The molecule has 1 saturated heterocycles. The zero-order chi connectivity index (χ0) is 20.9. The maximum atomic E-state index is 13.6. The SMILES string of the molecule is Cc1ccc2c3c(ccc2n1)OCC(CN1CC(Cn2ccc4ccc(F)cc42)C1)O3. The van der Waals surface area contributed by atoms with E-state index in [0.29, 0.717) is 12.5 Å². The smallest absolute Gasteiger partial charge is 0.171 e. The van der Waals surface area contributed by atoms with Crippen LogP contribution in [-0.4, -0.2) is 46.8 Å². The number of fused-ring (bicyclic) bond motifs is 4. The van der Waals surface area contributed by atoms with Crippen LogP contribution >= 0.6 is 0 Å². The van der Waals surface area contributed by atoms with Gasteiger partial charge >= 0.3 is 0 Å². The predicted octanol–water partition coefficient (Wildman–Crippen LogP) is 4.41. The Labute approximate surface area is 180 Å². The van der Waals surface area contributed by atoms with E-state index in [1.54, 1.807) is 6.07 Å². The zero-order valence-electron chi connectivity index (χ0n) is 17.4. The van der Waals surface area contributed by atoms with Gasteiger partial charge in [-0.1, -0.05) is 0 Å². The van der Waals surface area contributed by atoms with E-state index < -0.39 is 0 Å². The summed E-state index contributed by atoms with van der Waals surface area (Å²) in [6.07, 6.45) is 2.06. The molecule has 0 saturated carbocycles. The summed E-state index contributed by atoms with van der Waals surface area (Å²) < 4.78 is 28.1. The lowest BCUT2D eigenvalue weighted by Crippen LogP contribution is -2.53.